The third-order valence-electron chi connectivity index (χ3n) is 8.48. The zero-order valence-electron chi connectivity index (χ0n) is 23.3. The minimum absolute atomic E-state index is 0.482. The van der Waals surface area contributed by atoms with Gasteiger partial charge in [0.05, 0.1) is 0 Å². The van der Waals surface area contributed by atoms with Crippen molar-refractivity contribution >= 4 is 32.3 Å². The molecule has 0 saturated carbocycles. The zero-order valence-corrected chi connectivity index (χ0v) is 23.3. The summed E-state index contributed by atoms with van der Waals surface area (Å²) in [5.41, 5.74) is 10.4. The smallest absolute Gasteiger partial charge is 0.00928 e. The minimum Gasteiger partial charge on any atom is -0.0619 e. The monoisotopic (exact) mass is 512 g/mol. The number of hydrogen-bond acceptors (Lipinski definition) is 0. The summed E-state index contributed by atoms with van der Waals surface area (Å²) >= 11 is 0. The van der Waals surface area contributed by atoms with Crippen LogP contribution in [0.15, 0.2) is 133 Å². The molecule has 0 amide bonds. The Morgan fingerprint density at radius 2 is 0.850 bits per heavy atom. The van der Waals surface area contributed by atoms with Crippen molar-refractivity contribution in [1.29, 1.82) is 0 Å². The van der Waals surface area contributed by atoms with Gasteiger partial charge < -0.3 is 0 Å². The molecule has 0 aliphatic rings. The molecule has 0 fully saturated rings. The molecule has 0 unspecified atom stereocenters. The van der Waals surface area contributed by atoms with E-state index in [-0.39, 0.29) is 0 Å². The van der Waals surface area contributed by atoms with Crippen LogP contribution in [0.25, 0.3) is 65.7 Å². The molecular formula is C40H32. The van der Waals surface area contributed by atoms with E-state index in [1.54, 1.807) is 0 Å². The Morgan fingerprint density at radius 3 is 1.50 bits per heavy atom. The average molecular weight is 513 g/mol. The van der Waals surface area contributed by atoms with E-state index in [9.17, 15) is 0 Å². The van der Waals surface area contributed by atoms with Crippen LogP contribution in [0.5, 0.6) is 0 Å². The van der Waals surface area contributed by atoms with Gasteiger partial charge in [-0.3, -0.25) is 0 Å². The first kappa shape index (κ1) is 24.4. The fourth-order valence-electron chi connectivity index (χ4n) is 6.42. The second kappa shape index (κ2) is 9.81. The molecule has 40 heavy (non-hydrogen) atoms. The highest BCUT2D eigenvalue weighted by atomic mass is 14.2. The van der Waals surface area contributed by atoms with Crippen LogP contribution in [-0.4, -0.2) is 0 Å². The van der Waals surface area contributed by atoms with Crippen molar-refractivity contribution in [3.63, 3.8) is 0 Å². The Morgan fingerprint density at radius 1 is 0.375 bits per heavy atom. The van der Waals surface area contributed by atoms with Gasteiger partial charge in [-0.25, -0.2) is 0 Å². The Balaban J connectivity index is 1.31. The molecule has 0 spiro atoms. The number of benzene rings is 7. The standard InChI is InChI=1S/C40H32/c1-26(2)31-11-4-5-12-34(31)33-18-10-17-32(27(33)3)29-21-19-28(20-22-29)30-23-24-39-37-15-7-6-13-35(37)36-14-8-9-16-38(36)40(39)25-30/h4-26H,1-3H3. The van der Waals surface area contributed by atoms with Gasteiger partial charge in [0.15, 0.2) is 0 Å². The number of fused-ring (bicyclic) bond motifs is 6. The number of hydrogen-bond donors (Lipinski definition) is 0. The normalized spacial score (nSPS) is 11.6. The molecule has 0 radical (unpaired) electrons. The van der Waals surface area contributed by atoms with Gasteiger partial charge in [0.1, 0.15) is 0 Å². The highest BCUT2D eigenvalue weighted by molar-refractivity contribution is 6.25. The van der Waals surface area contributed by atoms with Crippen LogP contribution in [0.4, 0.5) is 0 Å². The lowest BCUT2D eigenvalue weighted by atomic mass is 9.87. The molecule has 0 heteroatoms. The highest BCUT2D eigenvalue weighted by Crippen LogP contribution is 2.39. The fraction of sp³-hybridized carbons (Fsp3) is 0.100. The largest absolute Gasteiger partial charge is 0.0619 e. The molecule has 192 valence electrons. The Labute approximate surface area is 236 Å². The van der Waals surface area contributed by atoms with Crippen LogP contribution in [0.2, 0.25) is 0 Å². The van der Waals surface area contributed by atoms with Crippen LogP contribution in [0, 0.1) is 6.92 Å². The van der Waals surface area contributed by atoms with Crippen molar-refractivity contribution < 1.29 is 0 Å². The van der Waals surface area contributed by atoms with Crippen molar-refractivity contribution in [3.05, 3.63) is 145 Å². The predicted octanol–water partition coefficient (Wildman–Crippen LogP) is 11.6. The summed E-state index contributed by atoms with van der Waals surface area (Å²) < 4.78 is 0. The van der Waals surface area contributed by atoms with E-state index in [0.717, 1.165) is 0 Å². The maximum Gasteiger partial charge on any atom is -0.00928 e. The molecule has 0 aliphatic heterocycles. The lowest BCUT2D eigenvalue weighted by Gasteiger charge is -2.17. The van der Waals surface area contributed by atoms with E-state index in [4.69, 9.17) is 0 Å². The molecule has 7 aromatic rings. The first-order valence-corrected chi connectivity index (χ1v) is 14.2. The zero-order chi connectivity index (χ0) is 27.2. The molecule has 0 nitrogen and oxygen atoms in total. The van der Waals surface area contributed by atoms with Gasteiger partial charge in [0, 0.05) is 0 Å². The molecule has 0 N–H and O–H groups in total. The molecule has 0 aromatic heterocycles. The van der Waals surface area contributed by atoms with E-state index in [0.29, 0.717) is 5.92 Å². The average Bonchev–Trinajstić information content (AvgIpc) is 3.01. The van der Waals surface area contributed by atoms with Crippen LogP contribution >= 0.6 is 0 Å². The van der Waals surface area contributed by atoms with Gasteiger partial charge in [-0.2, -0.15) is 0 Å². The molecule has 0 saturated heterocycles. The lowest BCUT2D eigenvalue weighted by Crippen LogP contribution is -1.95. The first-order chi connectivity index (χ1) is 19.6. The molecule has 0 bridgehead atoms. The summed E-state index contributed by atoms with van der Waals surface area (Å²) in [7, 11) is 0. The van der Waals surface area contributed by atoms with E-state index < -0.39 is 0 Å². The van der Waals surface area contributed by atoms with E-state index >= 15 is 0 Å². The maximum absolute atomic E-state index is 2.37. The highest BCUT2D eigenvalue weighted by Gasteiger charge is 2.14. The Hall–Kier alpha value is -4.68. The quantitative estimate of drug-likeness (QED) is 0.206. The van der Waals surface area contributed by atoms with Gasteiger partial charge in [0.25, 0.3) is 0 Å². The third-order valence-corrected chi connectivity index (χ3v) is 8.48. The van der Waals surface area contributed by atoms with E-state index in [1.807, 2.05) is 0 Å². The van der Waals surface area contributed by atoms with Crippen molar-refractivity contribution in [2.45, 2.75) is 26.7 Å². The van der Waals surface area contributed by atoms with Crippen LogP contribution < -0.4 is 0 Å². The second-order valence-corrected chi connectivity index (χ2v) is 11.1. The van der Waals surface area contributed by atoms with Crippen molar-refractivity contribution in [2.75, 3.05) is 0 Å². The van der Waals surface area contributed by atoms with Crippen LogP contribution in [-0.2, 0) is 0 Å². The summed E-state index contributed by atoms with van der Waals surface area (Å²) in [6.07, 6.45) is 0. The molecular weight excluding hydrogens is 480 g/mol. The predicted molar refractivity (Wildman–Crippen MR) is 174 cm³/mol. The van der Waals surface area contributed by atoms with Crippen LogP contribution in [0.3, 0.4) is 0 Å². The first-order valence-electron chi connectivity index (χ1n) is 14.2. The SMILES string of the molecule is Cc1c(-c2ccc(-c3ccc4c5ccccc5c5ccccc5c4c3)cc2)cccc1-c1ccccc1C(C)C. The maximum atomic E-state index is 2.37. The third kappa shape index (κ3) is 4.00. The van der Waals surface area contributed by atoms with Gasteiger partial charge in [-0.15, -0.1) is 0 Å². The molecule has 0 heterocycles. The Kier molecular flexibility index (Phi) is 5.98. The van der Waals surface area contributed by atoms with Crippen molar-refractivity contribution in [2.24, 2.45) is 0 Å². The lowest BCUT2D eigenvalue weighted by molar-refractivity contribution is 0.869. The Bertz CT molecular complexity index is 1990. The second-order valence-electron chi connectivity index (χ2n) is 11.1. The topological polar surface area (TPSA) is 0 Å². The molecule has 0 aliphatic carbocycles. The number of rotatable bonds is 4. The molecule has 7 rings (SSSR count). The molecule has 7 aromatic carbocycles. The van der Waals surface area contributed by atoms with Crippen LogP contribution in [0.1, 0.15) is 30.9 Å². The summed E-state index contributed by atoms with van der Waals surface area (Å²) in [6, 6.07) is 49.1. The van der Waals surface area contributed by atoms with E-state index in [1.165, 1.54) is 76.8 Å². The summed E-state index contributed by atoms with van der Waals surface area (Å²) in [6.45, 7) is 6.80. The van der Waals surface area contributed by atoms with E-state index in [2.05, 4.69) is 154 Å². The minimum atomic E-state index is 0.482. The molecule has 0 atom stereocenters. The fourth-order valence-corrected chi connectivity index (χ4v) is 6.42. The van der Waals surface area contributed by atoms with Gasteiger partial charge in [0.2, 0.25) is 0 Å². The summed E-state index contributed by atoms with van der Waals surface area (Å²) in [5.74, 6) is 0.482. The van der Waals surface area contributed by atoms with Gasteiger partial charge >= 0.3 is 0 Å². The summed E-state index contributed by atoms with van der Waals surface area (Å²) in [4.78, 5) is 0. The van der Waals surface area contributed by atoms with Gasteiger partial charge in [-0.1, -0.05) is 141 Å². The van der Waals surface area contributed by atoms with Crippen molar-refractivity contribution in [3.8, 4) is 33.4 Å². The van der Waals surface area contributed by atoms with Gasteiger partial charge in [-0.05, 0) is 95.7 Å². The van der Waals surface area contributed by atoms with Crippen molar-refractivity contribution in [1.82, 2.24) is 0 Å². The summed E-state index contributed by atoms with van der Waals surface area (Å²) in [5, 5.41) is 7.87.